The predicted octanol–water partition coefficient (Wildman–Crippen LogP) is 5.57. The van der Waals surface area contributed by atoms with E-state index in [4.69, 9.17) is 9.15 Å². The molecule has 1 aliphatic rings. The molecule has 0 spiro atoms. The molecule has 7 heteroatoms. The zero-order chi connectivity index (χ0) is 22.1. The van der Waals surface area contributed by atoms with Crippen molar-refractivity contribution in [1.82, 2.24) is 4.98 Å². The molecule has 0 bridgehead atoms. The third-order valence-electron chi connectivity index (χ3n) is 5.62. The van der Waals surface area contributed by atoms with Crippen molar-refractivity contribution in [2.24, 2.45) is 0 Å². The minimum Gasteiger partial charge on any atom is -0.494 e. The standard InChI is InChI=1S/C25H22N2O4S/c1-2-3-6-14-30-17-11-9-16(10-12-17)21-20-22(28)18-7-4-5-8-19(18)31-23(20)24(29)27(21)25-26-13-15-32-25/h4-5,7-13,15,21H,2-3,6,14H2,1H3/t21-/m0/s1. The van der Waals surface area contributed by atoms with Crippen molar-refractivity contribution < 1.29 is 13.9 Å². The van der Waals surface area contributed by atoms with E-state index in [9.17, 15) is 9.59 Å². The van der Waals surface area contributed by atoms with Crippen molar-refractivity contribution in [3.63, 3.8) is 0 Å². The first-order valence-electron chi connectivity index (χ1n) is 10.7. The molecule has 162 valence electrons. The third-order valence-corrected chi connectivity index (χ3v) is 6.39. The zero-order valence-electron chi connectivity index (χ0n) is 17.6. The Morgan fingerprint density at radius 3 is 2.66 bits per heavy atom. The fraction of sp³-hybridized carbons (Fsp3) is 0.240. The van der Waals surface area contributed by atoms with Gasteiger partial charge >= 0.3 is 0 Å². The van der Waals surface area contributed by atoms with E-state index in [0.717, 1.165) is 30.6 Å². The van der Waals surface area contributed by atoms with E-state index in [1.165, 1.54) is 11.3 Å². The molecule has 0 saturated carbocycles. The van der Waals surface area contributed by atoms with Crippen molar-refractivity contribution in [3.05, 3.63) is 87.2 Å². The number of fused-ring (bicyclic) bond motifs is 2. The summed E-state index contributed by atoms with van der Waals surface area (Å²) in [6, 6.07) is 14.0. The number of carbonyl (C=O) groups is 1. The molecule has 0 aliphatic carbocycles. The summed E-state index contributed by atoms with van der Waals surface area (Å²) in [6.07, 6.45) is 4.92. The summed E-state index contributed by atoms with van der Waals surface area (Å²) < 4.78 is 11.8. The fourth-order valence-electron chi connectivity index (χ4n) is 4.06. The SMILES string of the molecule is CCCCCOc1ccc([C@H]2c3c(oc4ccccc4c3=O)C(=O)N2c2nccs2)cc1. The average molecular weight is 447 g/mol. The van der Waals surface area contributed by atoms with Gasteiger partial charge in [0.2, 0.25) is 5.76 Å². The van der Waals surface area contributed by atoms with Crippen molar-refractivity contribution in [3.8, 4) is 5.75 Å². The Balaban J connectivity index is 1.59. The Morgan fingerprint density at radius 2 is 1.91 bits per heavy atom. The number of amides is 1. The van der Waals surface area contributed by atoms with Crippen LogP contribution in [0.1, 0.15) is 53.9 Å². The summed E-state index contributed by atoms with van der Waals surface area (Å²) in [6.45, 7) is 2.82. The maximum absolute atomic E-state index is 13.5. The van der Waals surface area contributed by atoms with Crippen LogP contribution in [-0.4, -0.2) is 17.5 Å². The molecule has 3 heterocycles. The summed E-state index contributed by atoms with van der Waals surface area (Å²) in [5.41, 5.74) is 1.36. The number of hydrogen-bond donors (Lipinski definition) is 0. The Kier molecular flexibility index (Phi) is 5.49. The maximum Gasteiger partial charge on any atom is 0.297 e. The van der Waals surface area contributed by atoms with Gasteiger partial charge in [0, 0.05) is 11.6 Å². The van der Waals surface area contributed by atoms with Gasteiger partial charge in [-0.3, -0.25) is 14.5 Å². The number of thiazole rings is 1. The van der Waals surface area contributed by atoms with Gasteiger partial charge in [0.15, 0.2) is 10.6 Å². The fourth-order valence-corrected chi connectivity index (χ4v) is 4.72. The molecule has 0 unspecified atom stereocenters. The normalized spacial score (nSPS) is 15.3. The number of nitrogens with zero attached hydrogens (tertiary/aromatic N) is 2. The van der Waals surface area contributed by atoms with Gasteiger partial charge in [0.25, 0.3) is 5.91 Å². The van der Waals surface area contributed by atoms with Crippen LogP contribution in [-0.2, 0) is 0 Å². The van der Waals surface area contributed by atoms with Crippen LogP contribution in [0.2, 0.25) is 0 Å². The number of rotatable bonds is 7. The smallest absolute Gasteiger partial charge is 0.297 e. The molecule has 32 heavy (non-hydrogen) atoms. The molecule has 1 atom stereocenters. The van der Waals surface area contributed by atoms with Gasteiger partial charge in [-0.25, -0.2) is 4.98 Å². The molecule has 0 N–H and O–H groups in total. The summed E-state index contributed by atoms with van der Waals surface area (Å²) >= 11 is 1.35. The van der Waals surface area contributed by atoms with E-state index in [0.29, 0.717) is 28.3 Å². The maximum atomic E-state index is 13.5. The quantitative estimate of drug-likeness (QED) is 0.347. The first-order chi connectivity index (χ1) is 15.7. The molecule has 0 fully saturated rings. The molecule has 0 saturated heterocycles. The van der Waals surface area contributed by atoms with Crippen LogP contribution in [0.5, 0.6) is 5.75 Å². The van der Waals surface area contributed by atoms with E-state index >= 15 is 0 Å². The second-order valence-corrected chi connectivity index (χ2v) is 8.56. The molecule has 4 aromatic rings. The van der Waals surface area contributed by atoms with E-state index in [2.05, 4.69) is 11.9 Å². The largest absolute Gasteiger partial charge is 0.494 e. The lowest BCUT2D eigenvalue weighted by Gasteiger charge is -2.22. The highest BCUT2D eigenvalue weighted by Gasteiger charge is 2.44. The van der Waals surface area contributed by atoms with Gasteiger partial charge in [-0.15, -0.1) is 11.3 Å². The lowest BCUT2D eigenvalue weighted by molar-refractivity contribution is 0.0971. The van der Waals surface area contributed by atoms with E-state index in [1.54, 1.807) is 35.4 Å². The molecular formula is C25H22N2O4S. The second kappa shape index (κ2) is 8.59. The van der Waals surface area contributed by atoms with Crippen LogP contribution in [0.3, 0.4) is 0 Å². The number of anilines is 1. The summed E-state index contributed by atoms with van der Waals surface area (Å²) in [7, 11) is 0. The van der Waals surface area contributed by atoms with Crippen molar-refractivity contribution in [2.45, 2.75) is 32.2 Å². The number of unbranched alkanes of at least 4 members (excludes halogenated alkanes) is 2. The lowest BCUT2D eigenvalue weighted by atomic mass is 9.98. The average Bonchev–Trinajstić information content (AvgIpc) is 3.44. The van der Waals surface area contributed by atoms with Crippen LogP contribution in [0.25, 0.3) is 11.0 Å². The van der Waals surface area contributed by atoms with E-state index in [-0.39, 0.29) is 17.1 Å². The van der Waals surface area contributed by atoms with Crippen LogP contribution in [0, 0.1) is 0 Å². The van der Waals surface area contributed by atoms with Gasteiger partial charge in [0.05, 0.1) is 23.6 Å². The van der Waals surface area contributed by atoms with Gasteiger partial charge in [0.1, 0.15) is 11.3 Å². The molecule has 2 aromatic carbocycles. The summed E-state index contributed by atoms with van der Waals surface area (Å²) in [5, 5.41) is 2.79. The molecule has 5 rings (SSSR count). The molecular weight excluding hydrogens is 424 g/mol. The molecule has 2 aromatic heterocycles. The zero-order valence-corrected chi connectivity index (χ0v) is 18.4. The van der Waals surface area contributed by atoms with Crippen LogP contribution < -0.4 is 15.1 Å². The number of aromatic nitrogens is 1. The summed E-state index contributed by atoms with van der Waals surface area (Å²) in [5.74, 6) is 0.484. The van der Waals surface area contributed by atoms with E-state index in [1.807, 2.05) is 29.6 Å². The van der Waals surface area contributed by atoms with Crippen LogP contribution >= 0.6 is 11.3 Å². The number of para-hydroxylation sites is 1. The van der Waals surface area contributed by atoms with Crippen molar-refractivity contribution in [2.75, 3.05) is 11.5 Å². The van der Waals surface area contributed by atoms with Gasteiger partial charge < -0.3 is 9.15 Å². The first-order valence-corrected chi connectivity index (χ1v) is 11.6. The third kappa shape index (κ3) is 3.48. The van der Waals surface area contributed by atoms with Crippen molar-refractivity contribution >= 4 is 33.3 Å². The van der Waals surface area contributed by atoms with Crippen LogP contribution in [0.4, 0.5) is 5.13 Å². The highest BCUT2D eigenvalue weighted by atomic mass is 32.1. The molecule has 0 radical (unpaired) electrons. The number of hydrogen-bond acceptors (Lipinski definition) is 6. The van der Waals surface area contributed by atoms with Gasteiger partial charge in [-0.05, 0) is 36.2 Å². The Hall–Kier alpha value is -3.45. The highest BCUT2D eigenvalue weighted by Crippen LogP contribution is 2.42. The Labute approximate surface area is 189 Å². The number of carbonyl (C=O) groups excluding carboxylic acids is 1. The minimum absolute atomic E-state index is 0.0776. The molecule has 1 aliphatic heterocycles. The van der Waals surface area contributed by atoms with E-state index < -0.39 is 6.04 Å². The van der Waals surface area contributed by atoms with Crippen molar-refractivity contribution in [1.29, 1.82) is 0 Å². The van der Waals surface area contributed by atoms with Gasteiger partial charge in [-0.2, -0.15) is 0 Å². The predicted molar refractivity (Wildman–Crippen MR) is 125 cm³/mol. The monoisotopic (exact) mass is 446 g/mol. The Morgan fingerprint density at radius 1 is 1.09 bits per heavy atom. The Bertz CT molecular complexity index is 1310. The van der Waals surface area contributed by atoms with Crippen LogP contribution in [0.15, 0.2) is 69.3 Å². The number of ether oxygens (including phenoxy) is 1. The highest BCUT2D eigenvalue weighted by molar-refractivity contribution is 7.13. The molecule has 6 nitrogen and oxygen atoms in total. The van der Waals surface area contributed by atoms with Gasteiger partial charge in [-0.1, -0.05) is 44.0 Å². The second-order valence-electron chi connectivity index (χ2n) is 7.69. The lowest BCUT2D eigenvalue weighted by Crippen LogP contribution is -2.29. The number of benzene rings is 2. The minimum atomic E-state index is -0.612. The topological polar surface area (TPSA) is 72.6 Å². The first kappa shape index (κ1) is 20.5. The molecule has 1 amide bonds. The summed E-state index contributed by atoms with van der Waals surface area (Å²) in [4.78, 5) is 32.7.